The Hall–Kier alpha value is -3.13. The van der Waals surface area contributed by atoms with Gasteiger partial charge < -0.3 is 4.74 Å². The molecule has 29 heavy (non-hydrogen) atoms. The number of benzene rings is 3. The largest absolute Gasteiger partial charge is 0.457 e. The highest BCUT2D eigenvalue weighted by Crippen LogP contribution is 2.56. The van der Waals surface area contributed by atoms with Gasteiger partial charge in [0.2, 0.25) is 0 Å². The van der Waals surface area contributed by atoms with Gasteiger partial charge in [0, 0.05) is 12.3 Å². The maximum Gasteiger partial charge on any atom is 0.303 e. The van der Waals surface area contributed by atoms with Gasteiger partial charge in [0.25, 0.3) is 0 Å². The fourth-order valence-corrected chi connectivity index (χ4v) is 5.13. The monoisotopic (exact) mass is 380 g/mol. The smallest absolute Gasteiger partial charge is 0.303 e. The third-order valence-electron chi connectivity index (χ3n) is 6.40. The summed E-state index contributed by atoms with van der Waals surface area (Å²) in [5, 5.41) is 0. The molecule has 0 amide bonds. The van der Waals surface area contributed by atoms with E-state index >= 15 is 0 Å². The number of esters is 1. The number of carbonyl (C=O) groups excluding carboxylic acids is 1. The lowest BCUT2D eigenvalue weighted by molar-refractivity contribution is -0.152. The van der Waals surface area contributed by atoms with Crippen LogP contribution in [0.3, 0.4) is 0 Å². The van der Waals surface area contributed by atoms with E-state index < -0.39 is 0 Å². The second-order valence-electron chi connectivity index (χ2n) is 8.23. The normalized spacial score (nSPS) is 22.0. The van der Waals surface area contributed by atoms with Crippen LogP contribution in [0.2, 0.25) is 0 Å². The van der Waals surface area contributed by atoms with Crippen LogP contribution in [0.15, 0.2) is 84.4 Å². The van der Waals surface area contributed by atoms with E-state index in [1.165, 1.54) is 34.8 Å². The molecule has 0 fully saturated rings. The molecular formula is C27H24O2. The molecule has 0 bridgehead atoms. The van der Waals surface area contributed by atoms with Crippen molar-refractivity contribution in [1.82, 2.24) is 0 Å². The van der Waals surface area contributed by atoms with Gasteiger partial charge in [-0.15, -0.1) is 0 Å². The lowest BCUT2D eigenvalue weighted by Crippen LogP contribution is -2.34. The SMILES string of the molecule is CC(=O)OC1c2ccccc2CC1(Cc1ccccc1)C1=Cc2ccccc2C1. The molecule has 0 heterocycles. The van der Waals surface area contributed by atoms with E-state index in [0.717, 1.165) is 24.8 Å². The van der Waals surface area contributed by atoms with E-state index in [1.807, 2.05) is 12.1 Å². The minimum atomic E-state index is -0.268. The lowest BCUT2D eigenvalue weighted by Gasteiger charge is -2.37. The Balaban J connectivity index is 1.66. The maximum absolute atomic E-state index is 12.1. The molecule has 2 heteroatoms. The van der Waals surface area contributed by atoms with Crippen LogP contribution in [0.1, 0.15) is 40.8 Å². The first-order valence-corrected chi connectivity index (χ1v) is 10.2. The molecule has 0 N–H and O–H groups in total. The van der Waals surface area contributed by atoms with Gasteiger partial charge >= 0.3 is 5.97 Å². The predicted octanol–water partition coefficient (Wildman–Crippen LogP) is 5.72. The van der Waals surface area contributed by atoms with Gasteiger partial charge in [0.1, 0.15) is 6.10 Å². The molecule has 2 unspecified atom stereocenters. The molecule has 2 aliphatic carbocycles. The van der Waals surface area contributed by atoms with E-state index in [2.05, 4.69) is 72.8 Å². The Morgan fingerprint density at radius 1 is 0.931 bits per heavy atom. The van der Waals surface area contributed by atoms with Crippen molar-refractivity contribution >= 4 is 12.0 Å². The van der Waals surface area contributed by atoms with Crippen LogP contribution in [-0.2, 0) is 28.8 Å². The minimum absolute atomic E-state index is 0.222. The molecule has 2 nitrogen and oxygen atoms in total. The van der Waals surface area contributed by atoms with Crippen molar-refractivity contribution in [3.63, 3.8) is 0 Å². The summed E-state index contributed by atoms with van der Waals surface area (Å²) in [6.45, 7) is 1.52. The molecule has 2 aliphatic rings. The molecule has 2 atom stereocenters. The Morgan fingerprint density at radius 3 is 2.38 bits per heavy atom. The van der Waals surface area contributed by atoms with Crippen LogP contribution in [0.5, 0.6) is 0 Å². The number of hydrogen-bond acceptors (Lipinski definition) is 2. The minimum Gasteiger partial charge on any atom is -0.457 e. The molecule has 0 radical (unpaired) electrons. The molecule has 0 spiro atoms. The predicted molar refractivity (Wildman–Crippen MR) is 115 cm³/mol. The Kier molecular flexibility index (Phi) is 4.35. The fourth-order valence-electron chi connectivity index (χ4n) is 5.13. The van der Waals surface area contributed by atoms with Gasteiger partial charge in [-0.2, -0.15) is 0 Å². The molecule has 0 aromatic heterocycles. The highest BCUT2D eigenvalue weighted by molar-refractivity contribution is 5.69. The number of carbonyl (C=O) groups is 1. The van der Waals surface area contributed by atoms with E-state index in [0.29, 0.717) is 0 Å². The van der Waals surface area contributed by atoms with Crippen LogP contribution in [-0.4, -0.2) is 5.97 Å². The van der Waals surface area contributed by atoms with Crippen molar-refractivity contribution in [2.24, 2.45) is 5.41 Å². The summed E-state index contributed by atoms with van der Waals surface area (Å²) in [6, 6.07) is 27.6. The van der Waals surface area contributed by atoms with Crippen LogP contribution < -0.4 is 0 Å². The van der Waals surface area contributed by atoms with Crippen molar-refractivity contribution in [3.8, 4) is 0 Å². The highest BCUT2D eigenvalue weighted by atomic mass is 16.5. The maximum atomic E-state index is 12.1. The first kappa shape index (κ1) is 17.9. The summed E-state index contributed by atoms with van der Waals surface area (Å²) in [5.74, 6) is -0.222. The standard InChI is InChI=1S/C27H24O2/c1-19(28)29-26-25-14-8-7-13-23(25)18-27(26,17-20-9-3-2-4-10-20)24-15-21-11-5-6-12-22(21)16-24/h2-15,26H,16-18H2,1H3. The van der Waals surface area contributed by atoms with Crippen molar-refractivity contribution < 1.29 is 9.53 Å². The average Bonchev–Trinajstić information content (AvgIpc) is 3.29. The van der Waals surface area contributed by atoms with Crippen LogP contribution in [0.4, 0.5) is 0 Å². The van der Waals surface area contributed by atoms with E-state index in [9.17, 15) is 4.79 Å². The van der Waals surface area contributed by atoms with Crippen LogP contribution in [0, 0.1) is 5.41 Å². The van der Waals surface area contributed by atoms with Crippen molar-refractivity contribution in [1.29, 1.82) is 0 Å². The Labute approximate surface area is 171 Å². The summed E-state index contributed by atoms with van der Waals surface area (Å²) >= 11 is 0. The summed E-state index contributed by atoms with van der Waals surface area (Å²) in [5.41, 5.74) is 7.44. The second kappa shape index (κ2) is 7.04. The Bertz CT molecular complexity index is 1100. The zero-order valence-corrected chi connectivity index (χ0v) is 16.6. The summed E-state index contributed by atoms with van der Waals surface area (Å²) < 4.78 is 6.06. The molecular weight excluding hydrogens is 356 g/mol. The Morgan fingerprint density at radius 2 is 1.62 bits per heavy atom. The average molecular weight is 380 g/mol. The number of hydrogen-bond donors (Lipinski definition) is 0. The lowest BCUT2D eigenvalue weighted by atomic mass is 9.70. The van der Waals surface area contributed by atoms with E-state index in [-0.39, 0.29) is 17.5 Å². The quantitative estimate of drug-likeness (QED) is 0.542. The molecule has 0 saturated heterocycles. The van der Waals surface area contributed by atoms with Gasteiger partial charge in [-0.3, -0.25) is 4.79 Å². The first-order chi connectivity index (χ1) is 14.2. The third kappa shape index (κ3) is 3.09. The number of rotatable bonds is 4. The second-order valence-corrected chi connectivity index (χ2v) is 8.23. The van der Waals surface area contributed by atoms with Gasteiger partial charge in [-0.05, 0) is 47.1 Å². The molecule has 3 aromatic rings. The summed E-state index contributed by atoms with van der Waals surface area (Å²) in [6.07, 6.45) is 4.71. The number of fused-ring (bicyclic) bond motifs is 2. The summed E-state index contributed by atoms with van der Waals surface area (Å²) in [7, 11) is 0. The molecule has 0 aliphatic heterocycles. The van der Waals surface area contributed by atoms with Crippen molar-refractivity contribution in [2.75, 3.05) is 0 Å². The number of ether oxygens (including phenoxy) is 1. The van der Waals surface area contributed by atoms with Crippen molar-refractivity contribution in [3.05, 3.63) is 112 Å². The molecule has 0 saturated carbocycles. The van der Waals surface area contributed by atoms with Crippen molar-refractivity contribution in [2.45, 2.75) is 32.3 Å². The summed E-state index contributed by atoms with van der Waals surface area (Å²) in [4.78, 5) is 12.1. The first-order valence-electron chi connectivity index (χ1n) is 10.2. The zero-order valence-electron chi connectivity index (χ0n) is 16.6. The van der Waals surface area contributed by atoms with Gasteiger partial charge in [-0.25, -0.2) is 0 Å². The zero-order chi connectivity index (χ0) is 19.8. The third-order valence-corrected chi connectivity index (χ3v) is 6.40. The van der Waals surface area contributed by atoms with E-state index in [4.69, 9.17) is 4.74 Å². The van der Waals surface area contributed by atoms with Crippen LogP contribution >= 0.6 is 0 Å². The molecule has 3 aromatic carbocycles. The van der Waals surface area contributed by atoms with E-state index in [1.54, 1.807) is 0 Å². The van der Waals surface area contributed by atoms with Crippen LogP contribution in [0.25, 0.3) is 6.08 Å². The van der Waals surface area contributed by atoms with Gasteiger partial charge in [-0.1, -0.05) is 90.5 Å². The fraction of sp³-hybridized carbons (Fsp3) is 0.222. The van der Waals surface area contributed by atoms with Gasteiger partial charge in [0.15, 0.2) is 0 Å². The molecule has 144 valence electrons. The molecule has 5 rings (SSSR count). The van der Waals surface area contributed by atoms with Gasteiger partial charge in [0.05, 0.1) is 0 Å². The topological polar surface area (TPSA) is 26.3 Å². The highest BCUT2D eigenvalue weighted by Gasteiger charge is 2.51.